The molecule has 1 rings (SSSR count). The minimum atomic E-state index is -4.26. The topological polar surface area (TPSA) is 29.5 Å². The van der Waals surface area contributed by atoms with Crippen LogP contribution in [-0.4, -0.2) is 31.1 Å². The van der Waals surface area contributed by atoms with E-state index in [1.165, 1.54) is 0 Å². The highest BCUT2D eigenvalue weighted by Gasteiger charge is 2.43. The number of halogens is 3. The Morgan fingerprint density at radius 2 is 1.92 bits per heavy atom. The van der Waals surface area contributed by atoms with Crippen molar-refractivity contribution in [2.75, 3.05) is 19.8 Å². The van der Waals surface area contributed by atoms with E-state index in [1.54, 1.807) is 0 Å². The maximum absolute atomic E-state index is 11.6. The third kappa shape index (κ3) is 2.98. The summed E-state index contributed by atoms with van der Waals surface area (Å²) < 4.78 is 39.1. The van der Waals surface area contributed by atoms with E-state index in [0.29, 0.717) is 0 Å². The van der Waals surface area contributed by atoms with Gasteiger partial charge in [0.2, 0.25) is 0 Å². The van der Waals surface area contributed by atoms with Gasteiger partial charge in [-0.25, -0.2) is 0 Å². The quantitative estimate of drug-likeness (QED) is 0.714. The summed E-state index contributed by atoms with van der Waals surface area (Å²) in [5, 5.41) is 8.72. The van der Waals surface area contributed by atoms with Crippen molar-refractivity contribution in [2.45, 2.75) is 19.0 Å². The van der Waals surface area contributed by atoms with Gasteiger partial charge in [0.25, 0.3) is 0 Å². The first-order chi connectivity index (χ1) is 5.47. The summed E-state index contributed by atoms with van der Waals surface area (Å²) in [6.45, 7) is -1.28. The Morgan fingerprint density at radius 1 is 1.33 bits per heavy atom. The van der Waals surface area contributed by atoms with Crippen LogP contribution in [0.2, 0.25) is 0 Å². The van der Waals surface area contributed by atoms with E-state index in [2.05, 4.69) is 4.74 Å². The summed E-state index contributed by atoms with van der Waals surface area (Å²) >= 11 is 0. The molecule has 0 spiro atoms. The molecule has 0 bridgehead atoms. The molecule has 72 valence electrons. The lowest BCUT2D eigenvalue weighted by atomic mass is 10.1. The van der Waals surface area contributed by atoms with E-state index in [-0.39, 0.29) is 18.6 Å². The van der Waals surface area contributed by atoms with E-state index in [1.807, 2.05) is 0 Å². The van der Waals surface area contributed by atoms with Crippen LogP contribution >= 0.6 is 0 Å². The van der Waals surface area contributed by atoms with E-state index in [9.17, 15) is 13.2 Å². The normalized spacial score (nSPS) is 21.0. The first kappa shape index (κ1) is 9.80. The van der Waals surface area contributed by atoms with Gasteiger partial charge in [0.15, 0.2) is 0 Å². The van der Waals surface area contributed by atoms with Gasteiger partial charge >= 0.3 is 6.18 Å². The van der Waals surface area contributed by atoms with Gasteiger partial charge < -0.3 is 9.84 Å². The third-order valence-electron chi connectivity index (χ3n) is 1.97. The molecule has 0 aromatic rings. The van der Waals surface area contributed by atoms with Gasteiger partial charge in [0.05, 0.1) is 13.2 Å². The molecule has 0 heterocycles. The number of rotatable bonds is 4. The summed E-state index contributed by atoms with van der Waals surface area (Å²) in [4.78, 5) is 0. The maximum atomic E-state index is 11.6. The van der Waals surface area contributed by atoms with Crippen molar-refractivity contribution in [3.05, 3.63) is 0 Å². The van der Waals surface area contributed by atoms with Gasteiger partial charge in [-0.1, -0.05) is 0 Å². The number of alkyl halides is 3. The zero-order chi connectivity index (χ0) is 9.24. The standard InChI is InChI=1S/C7H11F3O2/c8-7(9,10)5-12-4-6(3-11)1-2-6/h11H,1-5H2. The van der Waals surface area contributed by atoms with Crippen LogP contribution in [-0.2, 0) is 4.74 Å². The number of ether oxygens (including phenoxy) is 1. The molecule has 0 aromatic heterocycles. The van der Waals surface area contributed by atoms with Crippen LogP contribution in [0.5, 0.6) is 0 Å². The molecule has 2 nitrogen and oxygen atoms in total. The molecule has 5 heteroatoms. The zero-order valence-corrected chi connectivity index (χ0v) is 6.52. The Balaban J connectivity index is 2.10. The van der Waals surface area contributed by atoms with Crippen LogP contribution < -0.4 is 0 Å². The van der Waals surface area contributed by atoms with Crippen LogP contribution in [0.3, 0.4) is 0 Å². The Morgan fingerprint density at radius 3 is 2.25 bits per heavy atom. The molecule has 1 aliphatic carbocycles. The molecule has 1 aliphatic rings. The van der Waals surface area contributed by atoms with Crippen molar-refractivity contribution in [3.8, 4) is 0 Å². The van der Waals surface area contributed by atoms with Gasteiger partial charge in [0.1, 0.15) is 6.61 Å². The molecule has 0 aliphatic heterocycles. The molecule has 0 saturated heterocycles. The average molecular weight is 184 g/mol. The van der Waals surface area contributed by atoms with Gasteiger partial charge in [-0.2, -0.15) is 13.2 Å². The number of aliphatic hydroxyl groups excluding tert-OH is 1. The van der Waals surface area contributed by atoms with Crippen molar-refractivity contribution in [3.63, 3.8) is 0 Å². The van der Waals surface area contributed by atoms with E-state index < -0.39 is 12.8 Å². The second kappa shape index (κ2) is 3.22. The summed E-state index contributed by atoms with van der Waals surface area (Å²) in [5.74, 6) is 0. The molecular formula is C7H11F3O2. The van der Waals surface area contributed by atoms with E-state index >= 15 is 0 Å². The molecule has 0 aromatic carbocycles. The predicted molar refractivity (Wildman–Crippen MR) is 35.6 cm³/mol. The smallest absolute Gasteiger partial charge is 0.396 e. The number of hydrogen-bond donors (Lipinski definition) is 1. The molecule has 0 amide bonds. The first-order valence-corrected chi connectivity index (χ1v) is 3.73. The Labute approximate surface area is 68.3 Å². The highest BCUT2D eigenvalue weighted by molar-refractivity contribution is 4.92. The van der Waals surface area contributed by atoms with E-state index in [4.69, 9.17) is 5.11 Å². The fourth-order valence-electron chi connectivity index (χ4n) is 0.908. The van der Waals surface area contributed by atoms with E-state index in [0.717, 1.165) is 12.8 Å². The monoisotopic (exact) mass is 184 g/mol. The molecule has 12 heavy (non-hydrogen) atoms. The molecule has 1 saturated carbocycles. The fraction of sp³-hybridized carbons (Fsp3) is 1.00. The molecule has 1 fully saturated rings. The first-order valence-electron chi connectivity index (χ1n) is 3.73. The largest absolute Gasteiger partial charge is 0.411 e. The highest BCUT2D eigenvalue weighted by atomic mass is 19.4. The Kier molecular flexibility index (Phi) is 2.63. The van der Waals surface area contributed by atoms with Gasteiger partial charge in [0, 0.05) is 5.41 Å². The maximum Gasteiger partial charge on any atom is 0.411 e. The third-order valence-corrected chi connectivity index (χ3v) is 1.97. The summed E-state index contributed by atoms with van der Waals surface area (Å²) in [6, 6.07) is 0. The van der Waals surface area contributed by atoms with Crippen molar-refractivity contribution in [1.82, 2.24) is 0 Å². The molecule has 0 atom stereocenters. The zero-order valence-electron chi connectivity index (χ0n) is 6.52. The van der Waals surface area contributed by atoms with Crippen molar-refractivity contribution in [2.24, 2.45) is 5.41 Å². The Hall–Kier alpha value is -0.290. The highest BCUT2D eigenvalue weighted by Crippen LogP contribution is 2.45. The molecule has 1 N–H and O–H groups in total. The van der Waals surface area contributed by atoms with Gasteiger partial charge in [-0.05, 0) is 12.8 Å². The van der Waals surface area contributed by atoms with Crippen molar-refractivity contribution in [1.29, 1.82) is 0 Å². The molecule has 0 radical (unpaired) electrons. The van der Waals surface area contributed by atoms with Crippen molar-refractivity contribution < 1.29 is 23.0 Å². The minimum Gasteiger partial charge on any atom is -0.396 e. The van der Waals surface area contributed by atoms with Crippen molar-refractivity contribution >= 4 is 0 Å². The van der Waals surface area contributed by atoms with Crippen LogP contribution in [0, 0.1) is 5.41 Å². The summed E-state index contributed by atoms with van der Waals surface area (Å²) in [7, 11) is 0. The SMILES string of the molecule is OCC1(COCC(F)(F)F)CC1. The average Bonchev–Trinajstić information content (AvgIpc) is 2.67. The summed E-state index contributed by atoms with van der Waals surface area (Å²) in [5.41, 5.74) is -0.356. The van der Waals surface area contributed by atoms with Crippen LogP contribution in [0.15, 0.2) is 0 Å². The number of aliphatic hydroxyl groups is 1. The second-order valence-electron chi connectivity index (χ2n) is 3.27. The Bertz CT molecular complexity index is 151. The lowest BCUT2D eigenvalue weighted by Crippen LogP contribution is -2.22. The molecule has 0 unspecified atom stereocenters. The van der Waals surface area contributed by atoms with Crippen LogP contribution in [0.4, 0.5) is 13.2 Å². The lowest BCUT2D eigenvalue weighted by Gasteiger charge is -2.12. The minimum absolute atomic E-state index is 0.0169. The number of hydrogen-bond acceptors (Lipinski definition) is 2. The summed E-state index contributed by atoms with van der Waals surface area (Å²) in [6.07, 6.45) is -2.73. The lowest BCUT2D eigenvalue weighted by molar-refractivity contribution is -0.178. The van der Waals surface area contributed by atoms with Crippen LogP contribution in [0.1, 0.15) is 12.8 Å². The van der Waals surface area contributed by atoms with Gasteiger partial charge in [-0.3, -0.25) is 0 Å². The predicted octanol–water partition coefficient (Wildman–Crippen LogP) is 1.34. The second-order valence-corrected chi connectivity index (χ2v) is 3.27. The van der Waals surface area contributed by atoms with Crippen LogP contribution in [0.25, 0.3) is 0 Å². The fourth-order valence-corrected chi connectivity index (χ4v) is 0.908. The van der Waals surface area contributed by atoms with Gasteiger partial charge in [-0.15, -0.1) is 0 Å². The molecular weight excluding hydrogens is 173 g/mol.